The topological polar surface area (TPSA) is 12.0 Å². The van der Waals surface area contributed by atoms with Crippen LogP contribution in [0.5, 0.6) is 0 Å². The van der Waals surface area contributed by atoms with E-state index in [1.165, 1.54) is 6.92 Å². The smallest absolute Gasteiger partial charge is 0.300 e. The van der Waals surface area contributed by atoms with Crippen LogP contribution in [0, 0.1) is 5.92 Å². The highest BCUT2D eigenvalue weighted by Gasteiger charge is 2.51. The molecule has 1 N–H and O–H groups in total. The molecule has 0 aromatic heterocycles. The Labute approximate surface area is 119 Å². The Morgan fingerprint density at radius 2 is 1.65 bits per heavy atom. The van der Waals surface area contributed by atoms with Gasteiger partial charge in [0.1, 0.15) is 5.54 Å². The third-order valence-electron chi connectivity index (χ3n) is 3.47. The van der Waals surface area contributed by atoms with Gasteiger partial charge in [-0.3, -0.25) is 0 Å². The van der Waals surface area contributed by atoms with Crippen LogP contribution in [0.4, 0.5) is 13.2 Å². The van der Waals surface area contributed by atoms with Crippen molar-refractivity contribution >= 4 is 0 Å². The average molecular weight is 287 g/mol. The first-order chi connectivity index (χ1) is 9.20. The monoisotopic (exact) mass is 287 g/mol. The lowest BCUT2D eigenvalue weighted by Crippen LogP contribution is -2.51. The first-order valence-corrected chi connectivity index (χ1v) is 7.12. The van der Waals surface area contributed by atoms with Crippen LogP contribution in [-0.2, 0) is 12.0 Å². The molecule has 1 unspecified atom stereocenters. The highest BCUT2D eigenvalue weighted by Crippen LogP contribution is 2.38. The van der Waals surface area contributed by atoms with Crippen molar-refractivity contribution in [1.82, 2.24) is 5.32 Å². The van der Waals surface area contributed by atoms with Gasteiger partial charge in [0, 0.05) is 0 Å². The van der Waals surface area contributed by atoms with E-state index in [2.05, 4.69) is 19.2 Å². The summed E-state index contributed by atoms with van der Waals surface area (Å²) >= 11 is 0. The quantitative estimate of drug-likeness (QED) is 0.802. The minimum Gasteiger partial charge on any atom is -0.300 e. The second kappa shape index (κ2) is 6.61. The minimum absolute atomic E-state index is 0.269. The summed E-state index contributed by atoms with van der Waals surface area (Å²) in [6.45, 7) is 7.59. The molecule has 0 fully saturated rings. The maximum atomic E-state index is 13.4. The molecule has 1 nitrogen and oxygen atoms in total. The second-order valence-electron chi connectivity index (χ2n) is 5.84. The van der Waals surface area contributed by atoms with Crippen LogP contribution in [0.25, 0.3) is 0 Å². The number of hydrogen-bond donors (Lipinski definition) is 1. The number of hydrogen-bond acceptors (Lipinski definition) is 1. The zero-order chi connectivity index (χ0) is 15.4. The van der Waals surface area contributed by atoms with E-state index in [0.29, 0.717) is 18.9 Å². The van der Waals surface area contributed by atoms with Gasteiger partial charge in [-0.1, -0.05) is 45.0 Å². The lowest BCUT2D eigenvalue weighted by atomic mass is 9.89. The van der Waals surface area contributed by atoms with Crippen LogP contribution in [0.2, 0.25) is 0 Å². The van der Waals surface area contributed by atoms with Crippen LogP contribution < -0.4 is 5.32 Å². The van der Waals surface area contributed by atoms with Crippen LogP contribution in [-0.4, -0.2) is 12.7 Å². The van der Waals surface area contributed by atoms with E-state index in [9.17, 15) is 13.2 Å². The molecule has 114 valence electrons. The summed E-state index contributed by atoms with van der Waals surface area (Å²) in [6.07, 6.45) is -2.77. The van der Waals surface area contributed by atoms with Gasteiger partial charge in [0.25, 0.3) is 0 Å². The summed E-state index contributed by atoms with van der Waals surface area (Å²) in [5.74, 6) is 0.494. The van der Waals surface area contributed by atoms with Crippen LogP contribution >= 0.6 is 0 Å². The predicted molar refractivity (Wildman–Crippen MR) is 76.7 cm³/mol. The van der Waals surface area contributed by atoms with Gasteiger partial charge in [-0.25, -0.2) is 0 Å². The Morgan fingerprint density at radius 3 is 2.05 bits per heavy atom. The molecule has 1 aromatic rings. The van der Waals surface area contributed by atoms with Gasteiger partial charge in [0.2, 0.25) is 0 Å². The fourth-order valence-electron chi connectivity index (χ4n) is 2.19. The maximum absolute atomic E-state index is 13.4. The Hall–Kier alpha value is -1.03. The molecule has 4 heteroatoms. The fourth-order valence-corrected chi connectivity index (χ4v) is 2.19. The molecule has 0 radical (unpaired) electrons. The molecule has 0 heterocycles. The number of halogens is 3. The van der Waals surface area contributed by atoms with Gasteiger partial charge in [-0.05, 0) is 43.4 Å². The third kappa shape index (κ3) is 3.98. The number of nitrogens with one attached hydrogen (secondary N) is 1. The summed E-state index contributed by atoms with van der Waals surface area (Å²) in [7, 11) is 0. The summed E-state index contributed by atoms with van der Waals surface area (Å²) < 4.78 is 40.1. The van der Waals surface area contributed by atoms with Crippen molar-refractivity contribution in [2.75, 3.05) is 6.54 Å². The fraction of sp³-hybridized carbons (Fsp3) is 0.625. The SMILES string of the molecule is CCCNC(C)(c1ccc(CC(C)C)cc1)C(F)(F)F. The molecule has 0 saturated heterocycles. The van der Waals surface area contributed by atoms with Crippen molar-refractivity contribution in [2.24, 2.45) is 5.92 Å². The predicted octanol–water partition coefficient (Wildman–Crippen LogP) is 4.66. The van der Waals surface area contributed by atoms with Gasteiger partial charge >= 0.3 is 6.18 Å². The van der Waals surface area contributed by atoms with Crippen LogP contribution in [0.1, 0.15) is 45.2 Å². The highest BCUT2D eigenvalue weighted by atomic mass is 19.4. The molecular weight excluding hydrogens is 263 g/mol. The first kappa shape index (κ1) is 17.0. The van der Waals surface area contributed by atoms with Gasteiger partial charge in [-0.2, -0.15) is 13.2 Å². The Balaban J connectivity index is 3.03. The molecule has 0 aliphatic carbocycles. The molecule has 1 rings (SSSR count). The van der Waals surface area contributed by atoms with E-state index in [-0.39, 0.29) is 5.56 Å². The molecule has 0 bridgehead atoms. The Bertz CT molecular complexity index is 409. The molecular formula is C16H24F3N. The standard InChI is InChI=1S/C16H24F3N/c1-5-10-20-15(4,16(17,18)19)14-8-6-13(7-9-14)11-12(2)3/h6-9,12,20H,5,10-11H2,1-4H3. The van der Waals surface area contributed by atoms with E-state index >= 15 is 0 Å². The molecule has 0 saturated carbocycles. The van der Waals surface area contributed by atoms with Gasteiger partial charge in [-0.15, -0.1) is 0 Å². The Kier molecular flexibility index (Phi) is 5.63. The Morgan fingerprint density at radius 1 is 1.10 bits per heavy atom. The van der Waals surface area contributed by atoms with Crippen molar-refractivity contribution in [3.8, 4) is 0 Å². The molecule has 0 aliphatic heterocycles. The van der Waals surface area contributed by atoms with Gasteiger partial charge in [0.05, 0.1) is 0 Å². The maximum Gasteiger partial charge on any atom is 0.410 e. The van der Waals surface area contributed by atoms with Crippen molar-refractivity contribution in [2.45, 2.75) is 52.3 Å². The summed E-state index contributed by atoms with van der Waals surface area (Å²) in [5, 5.41) is 2.64. The number of rotatable bonds is 6. The largest absolute Gasteiger partial charge is 0.410 e. The van der Waals surface area contributed by atoms with Crippen molar-refractivity contribution < 1.29 is 13.2 Å². The second-order valence-corrected chi connectivity index (χ2v) is 5.84. The lowest BCUT2D eigenvalue weighted by Gasteiger charge is -2.34. The summed E-state index contributed by atoms with van der Waals surface area (Å²) in [5.41, 5.74) is -0.644. The zero-order valence-electron chi connectivity index (χ0n) is 12.6. The van der Waals surface area contributed by atoms with Crippen LogP contribution in [0.15, 0.2) is 24.3 Å². The van der Waals surface area contributed by atoms with Crippen molar-refractivity contribution in [3.05, 3.63) is 35.4 Å². The highest BCUT2D eigenvalue weighted by molar-refractivity contribution is 5.30. The average Bonchev–Trinajstić information content (AvgIpc) is 2.34. The van der Waals surface area contributed by atoms with Gasteiger partial charge < -0.3 is 5.32 Å². The molecule has 20 heavy (non-hydrogen) atoms. The molecule has 1 aromatic carbocycles. The first-order valence-electron chi connectivity index (χ1n) is 7.12. The minimum atomic E-state index is -4.32. The molecule has 0 amide bonds. The zero-order valence-corrected chi connectivity index (χ0v) is 12.6. The molecule has 0 spiro atoms. The van der Waals surface area contributed by atoms with Crippen LogP contribution in [0.3, 0.4) is 0 Å². The van der Waals surface area contributed by atoms with E-state index in [1.807, 2.05) is 6.92 Å². The van der Waals surface area contributed by atoms with E-state index in [0.717, 1.165) is 12.0 Å². The van der Waals surface area contributed by atoms with E-state index in [1.54, 1.807) is 24.3 Å². The van der Waals surface area contributed by atoms with Gasteiger partial charge in [0.15, 0.2) is 0 Å². The molecule has 0 aliphatic rings. The van der Waals surface area contributed by atoms with E-state index < -0.39 is 11.7 Å². The summed E-state index contributed by atoms with van der Waals surface area (Å²) in [4.78, 5) is 0. The summed E-state index contributed by atoms with van der Waals surface area (Å²) in [6, 6.07) is 6.78. The van der Waals surface area contributed by atoms with Crippen molar-refractivity contribution in [3.63, 3.8) is 0 Å². The number of alkyl halides is 3. The lowest BCUT2D eigenvalue weighted by molar-refractivity contribution is -0.195. The van der Waals surface area contributed by atoms with E-state index in [4.69, 9.17) is 0 Å². The third-order valence-corrected chi connectivity index (χ3v) is 3.47. The van der Waals surface area contributed by atoms with Crippen molar-refractivity contribution in [1.29, 1.82) is 0 Å². The molecule has 1 atom stereocenters. The number of benzene rings is 1. The normalized spacial score (nSPS) is 15.4.